The Balaban J connectivity index is 2.15. The first-order chi connectivity index (χ1) is 12.9. The molecule has 0 bridgehead atoms. The summed E-state index contributed by atoms with van der Waals surface area (Å²) in [6, 6.07) is 9.58. The number of nitrogens with zero attached hydrogens (tertiary/aromatic N) is 2. The molecular formula is C19H19FN4O3. The minimum atomic E-state index is -0.705. The van der Waals surface area contributed by atoms with Gasteiger partial charge >= 0.3 is 0 Å². The molecule has 0 aliphatic heterocycles. The topological polar surface area (TPSA) is 110 Å². The second-order valence-corrected chi connectivity index (χ2v) is 6.04. The van der Waals surface area contributed by atoms with Crippen molar-refractivity contribution >= 4 is 22.5 Å². The number of ether oxygens (including phenoxy) is 1. The monoisotopic (exact) mass is 370 g/mol. The number of carbonyl (C=O) groups is 1. The van der Waals surface area contributed by atoms with Crippen LogP contribution in [0.4, 0.5) is 10.1 Å². The lowest BCUT2D eigenvalue weighted by atomic mass is 9.99. The van der Waals surface area contributed by atoms with Crippen LogP contribution in [-0.2, 0) is 0 Å². The van der Waals surface area contributed by atoms with E-state index in [0.717, 1.165) is 0 Å². The number of aromatic nitrogens is 2. The molecule has 3 aromatic rings. The summed E-state index contributed by atoms with van der Waals surface area (Å²) in [6.07, 6.45) is -0.705. The number of nitrogens with one attached hydrogen (secondary N) is 1. The molecule has 1 atom stereocenters. The van der Waals surface area contributed by atoms with Crippen molar-refractivity contribution in [2.24, 2.45) is 0 Å². The van der Waals surface area contributed by atoms with E-state index in [1.165, 1.54) is 13.2 Å². The zero-order valence-corrected chi connectivity index (χ0v) is 14.9. The van der Waals surface area contributed by atoms with E-state index in [9.17, 15) is 14.3 Å². The largest absolute Gasteiger partial charge is 0.496 e. The Bertz CT molecular complexity index is 1010. The summed E-state index contributed by atoms with van der Waals surface area (Å²) in [4.78, 5) is 12.2. The summed E-state index contributed by atoms with van der Waals surface area (Å²) in [5, 5.41) is 20.3. The van der Waals surface area contributed by atoms with E-state index in [0.29, 0.717) is 22.2 Å². The molecule has 8 heteroatoms. The molecule has 0 fully saturated rings. The number of fused-ring (bicyclic) bond motifs is 1. The molecule has 0 radical (unpaired) electrons. The molecule has 3 rings (SSSR count). The first-order valence-corrected chi connectivity index (χ1v) is 8.28. The normalized spacial score (nSPS) is 12.0. The van der Waals surface area contributed by atoms with Crippen LogP contribution in [0.5, 0.6) is 5.75 Å². The van der Waals surface area contributed by atoms with Crippen molar-refractivity contribution in [3.05, 3.63) is 47.9 Å². The first-order valence-electron chi connectivity index (χ1n) is 8.28. The summed E-state index contributed by atoms with van der Waals surface area (Å²) in [5.41, 5.74) is 7.25. The molecule has 0 saturated carbocycles. The minimum absolute atomic E-state index is 0.0548. The number of amides is 1. The maximum absolute atomic E-state index is 14.5. The Morgan fingerprint density at radius 2 is 2.04 bits per heavy atom. The van der Waals surface area contributed by atoms with Crippen molar-refractivity contribution in [3.8, 4) is 16.9 Å². The highest BCUT2D eigenvalue weighted by molar-refractivity contribution is 6.07. The van der Waals surface area contributed by atoms with Gasteiger partial charge in [-0.1, -0.05) is 24.3 Å². The number of halogens is 1. The summed E-state index contributed by atoms with van der Waals surface area (Å²) in [5.74, 6) is -0.667. The Hall–Kier alpha value is -3.26. The van der Waals surface area contributed by atoms with Crippen LogP contribution in [-0.4, -0.2) is 41.0 Å². The summed E-state index contributed by atoms with van der Waals surface area (Å²) in [6.45, 7) is 1.61. The number of nitrogen functional groups attached to an aromatic ring is 1. The third-order valence-corrected chi connectivity index (χ3v) is 4.07. The van der Waals surface area contributed by atoms with E-state index in [-0.39, 0.29) is 23.5 Å². The highest BCUT2D eigenvalue weighted by Crippen LogP contribution is 2.37. The molecule has 7 nitrogen and oxygen atoms in total. The molecule has 1 heterocycles. The van der Waals surface area contributed by atoms with Crippen molar-refractivity contribution in [2.75, 3.05) is 19.4 Å². The highest BCUT2D eigenvalue weighted by atomic mass is 19.1. The molecule has 2 aromatic carbocycles. The lowest BCUT2D eigenvalue weighted by Crippen LogP contribution is -2.31. The van der Waals surface area contributed by atoms with Crippen molar-refractivity contribution in [3.63, 3.8) is 0 Å². The van der Waals surface area contributed by atoms with E-state index >= 15 is 0 Å². The van der Waals surface area contributed by atoms with Crippen molar-refractivity contribution in [1.82, 2.24) is 15.5 Å². The summed E-state index contributed by atoms with van der Waals surface area (Å²) in [7, 11) is 1.45. The van der Waals surface area contributed by atoms with Gasteiger partial charge in [0.1, 0.15) is 17.1 Å². The Kier molecular flexibility index (Phi) is 5.18. The fourth-order valence-electron chi connectivity index (χ4n) is 2.78. The van der Waals surface area contributed by atoms with Gasteiger partial charge in [-0.3, -0.25) is 4.79 Å². The van der Waals surface area contributed by atoms with Gasteiger partial charge in [0, 0.05) is 17.5 Å². The Morgan fingerprint density at radius 3 is 2.74 bits per heavy atom. The average Bonchev–Trinajstić information content (AvgIpc) is 2.66. The van der Waals surface area contributed by atoms with E-state index < -0.39 is 17.8 Å². The van der Waals surface area contributed by atoms with Crippen LogP contribution in [0.3, 0.4) is 0 Å². The summed E-state index contributed by atoms with van der Waals surface area (Å²) < 4.78 is 19.8. The second kappa shape index (κ2) is 7.55. The lowest BCUT2D eigenvalue weighted by molar-refractivity contribution is 0.0919. The predicted octanol–water partition coefficient (Wildman–Crippen LogP) is 2.14. The average molecular weight is 370 g/mol. The quantitative estimate of drug-likeness (QED) is 0.635. The number of hydrogen-bond acceptors (Lipinski definition) is 6. The van der Waals surface area contributed by atoms with Crippen LogP contribution in [0, 0.1) is 5.82 Å². The van der Waals surface area contributed by atoms with Gasteiger partial charge in [0.05, 0.1) is 24.5 Å². The Morgan fingerprint density at radius 1 is 1.30 bits per heavy atom. The van der Waals surface area contributed by atoms with Crippen molar-refractivity contribution < 1.29 is 19.0 Å². The van der Waals surface area contributed by atoms with Crippen molar-refractivity contribution in [2.45, 2.75) is 13.0 Å². The minimum Gasteiger partial charge on any atom is -0.496 e. The van der Waals surface area contributed by atoms with Gasteiger partial charge in [-0.05, 0) is 19.1 Å². The van der Waals surface area contributed by atoms with E-state index in [4.69, 9.17) is 10.5 Å². The van der Waals surface area contributed by atoms with Crippen LogP contribution in [0.15, 0.2) is 36.4 Å². The fourth-order valence-corrected chi connectivity index (χ4v) is 2.78. The van der Waals surface area contributed by atoms with E-state index in [2.05, 4.69) is 15.5 Å². The molecule has 140 valence electrons. The summed E-state index contributed by atoms with van der Waals surface area (Å²) >= 11 is 0. The zero-order valence-electron chi connectivity index (χ0n) is 14.9. The Labute approximate surface area is 155 Å². The smallest absolute Gasteiger partial charge is 0.274 e. The van der Waals surface area contributed by atoms with Crippen LogP contribution >= 0.6 is 0 Å². The highest BCUT2D eigenvalue weighted by Gasteiger charge is 2.20. The number of rotatable bonds is 5. The van der Waals surface area contributed by atoms with Gasteiger partial charge in [0.25, 0.3) is 5.91 Å². The molecule has 4 N–H and O–H groups in total. The molecule has 0 aliphatic carbocycles. The number of anilines is 1. The van der Waals surface area contributed by atoms with Gasteiger partial charge in [-0.25, -0.2) is 4.39 Å². The SMILES string of the molecule is COc1cccc(F)c1-c1cccc2c(N)c(C(=O)NCC(C)O)nnc12. The number of hydrogen-bond donors (Lipinski definition) is 3. The molecule has 0 saturated heterocycles. The number of nitrogens with two attached hydrogens (primary N) is 1. The van der Waals surface area contributed by atoms with E-state index in [1.54, 1.807) is 37.3 Å². The van der Waals surface area contributed by atoms with Gasteiger partial charge in [-0.2, -0.15) is 0 Å². The van der Waals surface area contributed by atoms with Gasteiger partial charge in [0.2, 0.25) is 0 Å². The standard InChI is InChI=1S/C19H19FN4O3/c1-10(25)9-22-19(26)18-16(21)12-6-3-5-11(17(12)23-24-18)15-13(20)7-4-8-14(15)27-2/h3-8,10,25H,9H2,1-2H3,(H2,21,23)(H,22,26). The first kappa shape index (κ1) is 18.5. The third kappa shape index (κ3) is 3.52. The fraction of sp³-hybridized carbons (Fsp3) is 0.211. The van der Waals surface area contributed by atoms with Gasteiger partial charge in [-0.15, -0.1) is 10.2 Å². The number of aliphatic hydroxyl groups excluding tert-OH is 1. The number of benzene rings is 2. The third-order valence-electron chi connectivity index (χ3n) is 4.07. The molecule has 0 aliphatic rings. The van der Waals surface area contributed by atoms with Gasteiger partial charge < -0.3 is 20.9 Å². The lowest BCUT2D eigenvalue weighted by Gasteiger charge is -2.13. The van der Waals surface area contributed by atoms with Gasteiger partial charge in [0.15, 0.2) is 5.69 Å². The van der Waals surface area contributed by atoms with Crippen LogP contribution in [0.25, 0.3) is 22.0 Å². The van der Waals surface area contributed by atoms with Crippen LogP contribution < -0.4 is 15.8 Å². The maximum Gasteiger partial charge on any atom is 0.274 e. The number of carbonyl (C=O) groups excluding carboxylic acids is 1. The molecule has 0 spiro atoms. The molecule has 1 amide bonds. The predicted molar refractivity (Wildman–Crippen MR) is 99.9 cm³/mol. The van der Waals surface area contributed by atoms with Crippen LogP contribution in [0.2, 0.25) is 0 Å². The maximum atomic E-state index is 14.5. The molecule has 1 aromatic heterocycles. The van der Waals surface area contributed by atoms with Crippen molar-refractivity contribution in [1.29, 1.82) is 0 Å². The number of methoxy groups -OCH3 is 1. The molecular weight excluding hydrogens is 351 g/mol. The zero-order chi connectivity index (χ0) is 19.6. The van der Waals surface area contributed by atoms with E-state index in [1.807, 2.05) is 0 Å². The molecule has 1 unspecified atom stereocenters. The van der Waals surface area contributed by atoms with Crippen LogP contribution in [0.1, 0.15) is 17.4 Å². The number of aliphatic hydroxyl groups is 1. The second-order valence-electron chi connectivity index (χ2n) is 6.04. The molecule has 27 heavy (non-hydrogen) atoms.